The Morgan fingerprint density at radius 3 is 2.75 bits per heavy atom. The summed E-state index contributed by atoms with van der Waals surface area (Å²) in [4.78, 5) is 4.51. The number of ether oxygens (including phenoxy) is 1. The van der Waals surface area contributed by atoms with Gasteiger partial charge in [-0.15, -0.1) is 0 Å². The van der Waals surface area contributed by atoms with E-state index in [4.69, 9.17) is 13.7 Å². The van der Waals surface area contributed by atoms with Gasteiger partial charge in [0.1, 0.15) is 17.1 Å². The molecule has 144 valence electrons. The van der Waals surface area contributed by atoms with Crippen LogP contribution in [0, 0.1) is 13.8 Å². The number of hydrogen-bond acceptors (Lipinski definition) is 6. The number of methoxy groups -OCH3 is 1. The topological polar surface area (TPSA) is 73.3 Å². The van der Waals surface area contributed by atoms with Gasteiger partial charge in [0.2, 0.25) is 11.7 Å². The van der Waals surface area contributed by atoms with Crippen LogP contribution in [0.3, 0.4) is 0 Å². The average Bonchev–Trinajstić information content (AvgIpc) is 3.34. The summed E-state index contributed by atoms with van der Waals surface area (Å²) in [6.45, 7) is 6.76. The van der Waals surface area contributed by atoms with Crippen LogP contribution in [0.25, 0.3) is 22.4 Å². The summed E-state index contributed by atoms with van der Waals surface area (Å²) in [5, 5.41) is 8.58. The maximum atomic E-state index is 5.95. The molecule has 0 aliphatic rings. The number of aromatic nitrogens is 2. The van der Waals surface area contributed by atoms with Crippen LogP contribution in [0.2, 0.25) is 0 Å². The molecule has 6 heteroatoms. The molecule has 2 aromatic heterocycles. The number of rotatable bonds is 6. The molecule has 0 saturated heterocycles. The van der Waals surface area contributed by atoms with Crippen LogP contribution in [0.5, 0.6) is 5.75 Å². The van der Waals surface area contributed by atoms with E-state index in [9.17, 15) is 0 Å². The van der Waals surface area contributed by atoms with Crippen LogP contribution < -0.4 is 10.1 Å². The number of nitrogens with one attached hydrogen (secondary N) is 1. The Kier molecular flexibility index (Phi) is 4.88. The minimum atomic E-state index is -0.108. The molecule has 0 amide bonds. The van der Waals surface area contributed by atoms with Crippen molar-refractivity contribution in [3.63, 3.8) is 0 Å². The van der Waals surface area contributed by atoms with Gasteiger partial charge in [-0.05, 0) is 62.2 Å². The molecule has 4 rings (SSSR count). The van der Waals surface area contributed by atoms with Crippen LogP contribution in [0.1, 0.15) is 35.7 Å². The molecule has 0 fully saturated rings. The second kappa shape index (κ2) is 7.48. The van der Waals surface area contributed by atoms with Crippen molar-refractivity contribution in [3.05, 3.63) is 65.2 Å². The van der Waals surface area contributed by atoms with Gasteiger partial charge in [-0.2, -0.15) is 4.98 Å². The van der Waals surface area contributed by atoms with Crippen molar-refractivity contribution in [3.8, 4) is 17.1 Å². The van der Waals surface area contributed by atoms with Gasteiger partial charge < -0.3 is 13.7 Å². The molecule has 1 N–H and O–H groups in total. The summed E-state index contributed by atoms with van der Waals surface area (Å²) in [7, 11) is 1.63. The van der Waals surface area contributed by atoms with E-state index in [1.807, 2.05) is 31.2 Å². The predicted octanol–water partition coefficient (Wildman–Crippen LogP) is 4.96. The lowest BCUT2D eigenvalue weighted by Crippen LogP contribution is -2.18. The summed E-state index contributed by atoms with van der Waals surface area (Å²) < 4.78 is 16.6. The van der Waals surface area contributed by atoms with Crippen molar-refractivity contribution in [1.82, 2.24) is 15.5 Å². The number of hydrogen-bond donors (Lipinski definition) is 1. The zero-order valence-electron chi connectivity index (χ0n) is 16.4. The molecular formula is C22H23N3O3. The quantitative estimate of drug-likeness (QED) is 0.512. The third-order valence-corrected chi connectivity index (χ3v) is 4.91. The molecule has 6 nitrogen and oxygen atoms in total. The molecule has 2 aromatic carbocycles. The highest BCUT2D eigenvalue weighted by atomic mass is 16.5. The van der Waals surface area contributed by atoms with Crippen molar-refractivity contribution in [1.29, 1.82) is 0 Å². The van der Waals surface area contributed by atoms with E-state index in [0.29, 0.717) is 18.3 Å². The third kappa shape index (κ3) is 3.64. The van der Waals surface area contributed by atoms with E-state index in [1.165, 1.54) is 11.1 Å². The van der Waals surface area contributed by atoms with E-state index in [1.54, 1.807) is 7.11 Å². The molecule has 0 saturated carbocycles. The van der Waals surface area contributed by atoms with Gasteiger partial charge in [-0.25, -0.2) is 0 Å². The molecule has 0 radical (unpaired) electrons. The smallest absolute Gasteiger partial charge is 0.243 e. The Labute approximate surface area is 163 Å². The summed E-state index contributed by atoms with van der Waals surface area (Å²) in [6, 6.07) is 13.8. The Morgan fingerprint density at radius 2 is 1.93 bits per heavy atom. The highest BCUT2D eigenvalue weighted by molar-refractivity contribution is 5.79. The van der Waals surface area contributed by atoms with Gasteiger partial charge in [-0.3, -0.25) is 5.32 Å². The van der Waals surface area contributed by atoms with Crippen LogP contribution >= 0.6 is 0 Å². The van der Waals surface area contributed by atoms with Crippen molar-refractivity contribution in [2.75, 3.05) is 7.11 Å². The Hall–Kier alpha value is -3.12. The normalized spacial score (nSPS) is 12.4. The fourth-order valence-electron chi connectivity index (χ4n) is 3.08. The van der Waals surface area contributed by atoms with E-state index >= 15 is 0 Å². The molecule has 28 heavy (non-hydrogen) atoms. The standard InChI is InChI=1S/C22H23N3O3/c1-13-8-17-11-19(27-20(17)9-14(13)2)12-23-15(3)22-24-21(25-28-22)16-6-5-7-18(10-16)26-4/h5-11,15,23H,12H2,1-4H3. The maximum Gasteiger partial charge on any atom is 0.243 e. The maximum absolute atomic E-state index is 5.95. The molecule has 1 atom stereocenters. The van der Waals surface area contributed by atoms with E-state index in [2.05, 4.69) is 47.5 Å². The Morgan fingerprint density at radius 1 is 1.11 bits per heavy atom. The van der Waals surface area contributed by atoms with Crippen LogP contribution in [-0.2, 0) is 6.54 Å². The molecular weight excluding hydrogens is 354 g/mol. The van der Waals surface area contributed by atoms with E-state index < -0.39 is 0 Å². The third-order valence-electron chi connectivity index (χ3n) is 4.91. The van der Waals surface area contributed by atoms with Gasteiger partial charge in [0, 0.05) is 10.9 Å². The van der Waals surface area contributed by atoms with Crippen molar-refractivity contribution in [2.24, 2.45) is 0 Å². The minimum Gasteiger partial charge on any atom is -0.497 e. The number of benzene rings is 2. The van der Waals surface area contributed by atoms with Gasteiger partial charge in [0.05, 0.1) is 19.7 Å². The van der Waals surface area contributed by atoms with Gasteiger partial charge in [-0.1, -0.05) is 17.3 Å². The summed E-state index contributed by atoms with van der Waals surface area (Å²) in [5.41, 5.74) is 4.25. The number of nitrogens with zero attached hydrogens (tertiary/aromatic N) is 2. The lowest BCUT2D eigenvalue weighted by atomic mass is 10.1. The number of furan rings is 1. The highest BCUT2D eigenvalue weighted by Crippen LogP contribution is 2.25. The lowest BCUT2D eigenvalue weighted by Gasteiger charge is -2.07. The Balaban J connectivity index is 1.45. The summed E-state index contributed by atoms with van der Waals surface area (Å²) in [6.07, 6.45) is 0. The van der Waals surface area contributed by atoms with Crippen molar-refractivity contribution >= 4 is 11.0 Å². The first kappa shape index (κ1) is 18.3. The Bertz CT molecular complexity index is 1070. The van der Waals surface area contributed by atoms with Gasteiger partial charge in [0.15, 0.2) is 0 Å². The second-order valence-electron chi connectivity index (χ2n) is 6.98. The molecule has 0 aliphatic heterocycles. The van der Waals surface area contributed by atoms with E-state index in [0.717, 1.165) is 28.0 Å². The first-order chi connectivity index (χ1) is 13.5. The minimum absolute atomic E-state index is 0.108. The first-order valence-electron chi connectivity index (χ1n) is 9.24. The largest absolute Gasteiger partial charge is 0.497 e. The second-order valence-corrected chi connectivity index (χ2v) is 6.98. The lowest BCUT2D eigenvalue weighted by molar-refractivity contribution is 0.334. The number of aryl methyl sites for hydroxylation is 2. The molecule has 2 heterocycles. The highest BCUT2D eigenvalue weighted by Gasteiger charge is 2.16. The predicted molar refractivity (Wildman–Crippen MR) is 107 cm³/mol. The fourth-order valence-corrected chi connectivity index (χ4v) is 3.08. The first-order valence-corrected chi connectivity index (χ1v) is 9.24. The molecule has 0 spiro atoms. The zero-order valence-corrected chi connectivity index (χ0v) is 16.4. The van der Waals surface area contributed by atoms with Gasteiger partial charge >= 0.3 is 0 Å². The van der Waals surface area contributed by atoms with Gasteiger partial charge in [0.25, 0.3) is 0 Å². The molecule has 0 bridgehead atoms. The number of fused-ring (bicyclic) bond motifs is 1. The fraction of sp³-hybridized carbons (Fsp3) is 0.273. The summed E-state index contributed by atoms with van der Waals surface area (Å²) in [5.74, 6) is 2.70. The van der Waals surface area contributed by atoms with Crippen LogP contribution in [-0.4, -0.2) is 17.3 Å². The van der Waals surface area contributed by atoms with Crippen LogP contribution in [0.4, 0.5) is 0 Å². The molecule has 0 aliphatic carbocycles. The van der Waals surface area contributed by atoms with Crippen LogP contribution in [0.15, 0.2) is 51.4 Å². The summed E-state index contributed by atoms with van der Waals surface area (Å²) >= 11 is 0. The average molecular weight is 377 g/mol. The monoisotopic (exact) mass is 377 g/mol. The van der Waals surface area contributed by atoms with E-state index in [-0.39, 0.29) is 6.04 Å². The van der Waals surface area contributed by atoms with Crippen molar-refractivity contribution in [2.45, 2.75) is 33.4 Å². The SMILES string of the molecule is COc1cccc(-c2noc(C(C)NCc3cc4cc(C)c(C)cc4o3)n2)c1. The zero-order chi connectivity index (χ0) is 19.7. The van der Waals surface area contributed by atoms with Crippen molar-refractivity contribution < 1.29 is 13.7 Å². The molecule has 4 aromatic rings. The molecule has 1 unspecified atom stereocenters.